The highest BCUT2D eigenvalue weighted by molar-refractivity contribution is 6.10. The van der Waals surface area contributed by atoms with E-state index in [9.17, 15) is 14.7 Å². The van der Waals surface area contributed by atoms with Crippen molar-refractivity contribution in [2.45, 2.75) is 31.0 Å². The topological polar surface area (TPSA) is 150 Å². The number of nitrogen functional groups attached to an aromatic ring is 1. The van der Waals surface area contributed by atoms with E-state index in [0.29, 0.717) is 22.4 Å². The van der Waals surface area contributed by atoms with Gasteiger partial charge in [0.05, 0.1) is 18.3 Å². The summed E-state index contributed by atoms with van der Waals surface area (Å²) in [5, 5.41) is 13.5. The minimum Gasteiger partial charge on any atom is -0.424 e. The summed E-state index contributed by atoms with van der Waals surface area (Å²) in [5.41, 5.74) is 4.62. The van der Waals surface area contributed by atoms with Crippen molar-refractivity contribution in [1.29, 1.82) is 0 Å². The number of aliphatic hydroxyl groups excluding tert-OH is 1. The van der Waals surface area contributed by atoms with Crippen molar-refractivity contribution in [3.05, 3.63) is 22.6 Å². The average Bonchev–Trinajstić information content (AvgIpc) is 3.19. The first kappa shape index (κ1) is 16.0. The molecule has 11 heteroatoms. The second-order valence-corrected chi connectivity index (χ2v) is 6.73. The van der Waals surface area contributed by atoms with Crippen LogP contribution in [-0.2, 0) is 14.2 Å². The number of nitrogens with zero attached hydrogens (tertiary/aromatic N) is 3. The first-order valence-corrected chi connectivity index (χ1v) is 8.23. The molecule has 0 aliphatic carbocycles. The average molecular weight is 373 g/mol. The lowest BCUT2D eigenvalue weighted by Crippen LogP contribution is -2.41. The fourth-order valence-corrected chi connectivity index (χ4v) is 3.92. The van der Waals surface area contributed by atoms with Crippen molar-refractivity contribution in [2.24, 2.45) is 4.99 Å². The van der Waals surface area contributed by atoms with Crippen LogP contribution in [0.5, 0.6) is 0 Å². The zero-order valence-corrected chi connectivity index (χ0v) is 14.1. The Kier molecular flexibility index (Phi) is 3.07. The van der Waals surface area contributed by atoms with Crippen LogP contribution in [0.1, 0.15) is 13.2 Å². The van der Waals surface area contributed by atoms with Crippen LogP contribution >= 0.6 is 0 Å². The number of aliphatic imine (C=N–C) groups is 1. The smallest absolute Gasteiger partial charge is 0.424 e. The Hall–Kier alpha value is -3.18. The van der Waals surface area contributed by atoms with Crippen LogP contribution in [0.3, 0.4) is 0 Å². The number of nitrogens with two attached hydrogens (primary N) is 1. The molecule has 4 atom stereocenters. The third-order valence-corrected chi connectivity index (χ3v) is 5.10. The van der Waals surface area contributed by atoms with Crippen molar-refractivity contribution in [3.63, 3.8) is 0 Å². The molecule has 27 heavy (non-hydrogen) atoms. The Morgan fingerprint density at radius 3 is 3.04 bits per heavy atom. The lowest BCUT2D eigenvalue weighted by atomic mass is 9.96. The molecule has 3 aliphatic rings. The third-order valence-electron chi connectivity index (χ3n) is 5.10. The van der Waals surface area contributed by atoms with Crippen LogP contribution in [0.4, 0.5) is 22.1 Å². The lowest BCUT2D eigenvalue weighted by Gasteiger charge is -2.27. The number of aromatic nitrogens is 2. The van der Waals surface area contributed by atoms with Crippen molar-refractivity contribution >= 4 is 40.6 Å². The molecule has 5 heterocycles. The number of hydrogen-bond donors (Lipinski definition) is 3. The number of ether oxygens (including phenoxy) is 3. The molecule has 0 bridgehead atoms. The third kappa shape index (κ3) is 2.03. The highest BCUT2D eigenvalue weighted by atomic mass is 16.8. The summed E-state index contributed by atoms with van der Waals surface area (Å²) >= 11 is 0. The summed E-state index contributed by atoms with van der Waals surface area (Å²) in [6, 6.07) is 1.22. The molecule has 4 unspecified atom stereocenters. The van der Waals surface area contributed by atoms with Gasteiger partial charge in [0.25, 0.3) is 5.56 Å². The monoisotopic (exact) mass is 373 g/mol. The van der Waals surface area contributed by atoms with E-state index in [1.165, 1.54) is 12.4 Å². The Balaban J connectivity index is 1.76. The number of nitrogens with one attached hydrogen (secondary N) is 1. The largest absolute Gasteiger partial charge is 0.509 e. The van der Waals surface area contributed by atoms with E-state index in [1.807, 2.05) is 0 Å². The molecule has 2 aromatic rings. The fraction of sp³-hybridized carbons (Fsp3) is 0.375. The standard InChI is InChI=1S/C16H15N5O6/c1-16-11(26-15(24)27-16)8(4-22)25-14(16)21-3-6-7(17)2-9(23)20-12-10(6)13(21)19-5-18-12/h2-3,5,8,11,14,22H,4,17H2,1H3,(H,18,19,20,23). The van der Waals surface area contributed by atoms with Gasteiger partial charge in [0.2, 0.25) is 0 Å². The highest BCUT2D eigenvalue weighted by Gasteiger charge is 2.64. The molecule has 0 saturated carbocycles. The van der Waals surface area contributed by atoms with E-state index < -0.39 is 35.8 Å². The van der Waals surface area contributed by atoms with Gasteiger partial charge in [-0.3, -0.25) is 4.79 Å². The van der Waals surface area contributed by atoms with Gasteiger partial charge in [-0.2, -0.15) is 4.98 Å². The molecule has 11 nitrogen and oxygen atoms in total. The van der Waals surface area contributed by atoms with E-state index in [2.05, 4.69) is 15.3 Å². The Morgan fingerprint density at radius 1 is 1.44 bits per heavy atom. The first-order valence-electron chi connectivity index (χ1n) is 8.23. The minimum absolute atomic E-state index is 0.228. The van der Waals surface area contributed by atoms with Gasteiger partial charge in [0.1, 0.15) is 17.7 Å². The molecule has 0 spiro atoms. The molecule has 140 valence electrons. The summed E-state index contributed by atoms with van der Waals surface area (Å²) in [4.78, 5) is 31.9. The van der Waals surface area contributed by atoms with Gasteiger partial charge in [0, 0.05) is 23.3 Å². The van der Waals surface area contributed by atoms with Crippen LogP contribution in [-0.4, -0.2) is 51.6 Å². The highest BCUT2D eigenvalue weighted by Crippen LogP contribution is 2.50. The van der Waals surface area contributed by atoms with Gasteiger partial charge < -0.3 is 34.9 Å². The van der Waals surface area contributed by atoms with E-state index in [4.69, 9.17) is 19.9 Å². The molecule has 2 saturated heterocycles. The van der Waals surface area contributed by atoms with Crippen LogP contribution < -0.4 is 16.6 Å². The predicted octanol–water partition coefficient (Wildman–Crippen LogP) is 0.248. The van der Waals surface area contributed by atoms with Crippen LogP contribution in [0.2, 0.25) is 0 Å². The predicted molar refractivity (Wildman–Crippen MR) is 92.9 cm³/mol. The lowest BCUT2D eigenvalue weighted by molar-refractivity contribution is -0.0912. The molecule has 4 N–H and O–H groups in total. The number of hydrogen-bond acceptors (Lipinski definition) is 10. The summed E-state index contributed by atoms with van der Waals surface area (Å²) in [6.45, 7) is 1.32. The molecule has 2 aromatic heterocycles. The van der Waals surface area contributed by atoms with Crippen molar-refractivity contribution < 1.29 is 24.1 Å². The molecule has 0 aromatic carbocycles. The molecule has 3 aliphatic heterocycles. The zero-order chi connectivity index (χ0) is 18.9. The Bertz CT molecular complexity index is 1080. The van der Waals surface area contributed by atoms with Crippen molar-refractivity contribution in [3.8, 4) is 0 Å². The number of carbonyl (C=O) groups is 1. The SMILES string of the molecule is CC12OC(=O)OC1C(CO)OC2n1cc2c(N)cc(=O)nc3c2c1N=CN3. The molecular weight excluding hydrogens is 358 g/mol. The van der Waals surface area contributed by atoms with E-state index in [-0.39, 0.29) is 12.3 Å². The Morgan fingerprint density at radius 2 is 2.26 bits per heavy atom. The van der Waals surface area contributed by atoms with E-state index in [1.54, 1.807) is 17.7 Å². The summed E-state index contributed by atoms with van der Waals surface area (Å²) < 4.78 is 18.2. The second-order valence-electron chi connectivity index (χ2n) is 6.73. The number of rotatable bonds is 2. The van der Waals surface area contributed by atoms with Crippen molar-refractivity contribution in [2.75, 3.05) is 17.7 Å². The number of fused-ring (bicyclic) bond motifs is 1. The van der Waals surface area contributed by atoms with Gasteiger partial charge in [-0.15, -0.1) is 0 Å². The van der Waals surface area contributed by atoms with E-state index >= 15 is 0 Å². The number of anilines is 2. The molecule has 0 amide bonds. The molecule has 2 fully saturated rings. The van der Waals surface area contributed by atoms with Gasteiger partial charge in [-0.25, -0.2) is 9.79 Å². The first-order chi connectivity index (χ1) is 12.9. The normalized spacial score (nSPS) is 30.7. The molecular formula is C16H15N5O6. The number of carbonyl (C=O) groups excluding carboxylic acids is 1. The summed E-state index contributed by atoms with van der Waals surface area (Å²) in [6.07, 6.45) is -0.126. The zero-order valence-electron chi connectivity index (χ0n) is 14.1. The van der Waals surface area contributed by atoms with Gasteiger partial charge in [-0.05, 0) is 6.92 Å². The summed E-state index contributed by atoms with van der Waals surface area (Å²) in [7, 11) is 0. The molecule has 5 rings (SSSR count). The summed E-state index contributed by atoms with van der Waals surface area (Å²) in [5.74, 6) is 0.744. The van der Waals surface area contributed by atoms with Gasteiger partial charge >= 0.3 is 6.16 Å². The maximum absolute atomic E-state index is 11.9. The maximum atomic E-state index is 11.9. The number of aliphatic hydroxyl groups is 1. The van der Waals surface area contributed by atoms with Crippen LogP contribution in [0.15, 0.2) is 22.1 Å². The maximum Gasteiger partial charge on any atom is 0.509 e. The fourth-order valence-electron chi connectivity index (χ4n) is 3.92. The molecule has 0 radical (unpaired) electrons. The van der Waals surface area contributed by atoms with Crippen LogP contribution in [0, 0.1) is 0 Å². The Labute approximate surface area is 151 Å². The second kappa shape index (κ2) is 5.18. The minimum atomic E-state index is -1.18. The quantitative estimate of drug-likeness (QED) is 0.629. The van der Waals surface area contributed by atoms with Gasteiger partial charge in [0.15, 0.2) is 17.9 Å². The van der Waals surface area contributed by atoms with Crippen molar-refractivity contribution in [1.82, 2.24) is 9.55 Å². The van der Waals surface area contributed by atoms with Gasteiger partial charge in [-0.1, -0.05) is 0 Å². The van der Waals surface area contributed by atoms with E-state index in [0.717, 1.165) is 0 Å². The van der Waals surface area contributed by atoms with Crippen LogP contribution in [0.25, 0.3) is 10.8 Å².